The third-order valence-electron chi connectivity index (χ3n) is 5.05. The van der Waals surface area contributed by atoms with Gasteiger partial charge in [0.15, 0.2) is 0 Å². The van der Waals surface area contributed by atoms with Gasteiger partial charge in [-0.25, -0.2) is 9.97 Å². The highest BCUT2D eigenvalue weighted by atomic mass is 15.2. The number of nitrogens with one attached hydrogen (secondary N) is 2. The molecule has 7 heteroatoms. The Morgan fingerprint density at radius 3 is 2.52 bits per heavy atom. The number of hydrogen-bond donors (Lipinski definition) is 2. The van der Waals surface area contributed by atoms with Crippen molar-refractivity contribution in [2.24, 2.45) is 0 Å². The molecule has 3 aromatic heterocycles. The number of hydrogen-bond acceptors (Lipinski definition) is 6. The summed E-state index contributed by atoms with van der Waals surface area (Å²) in [7, 11) is 0. The fraction of sp³-hybridized carbons (Fsp3) is 0.0833. The van der Waals surface area contributed by atoms with Crippen molar-refractivity contribution in [1.82, 2.24) is 24.5 Å². The lowest BCUT2D eigenvalue weighted by Crippen LogP contribution is -2.10. The number of fused-ring (bicyclic) bond motifs is 1. The van der Waals surface area contributed by atoms with E-state index in [0.29, 0.717) is 5.95 Å². The molecule has 3 heterocycles. The standard InChI is InChI=1S/C24H21N7/c1-17(18-5-3-2-4-6-18)28-24-26-14-11-23(30-24)31-16-27-21-15-20(7-8-22(21)31)29-19-9-12-25-13-10-19/h2-17H,1H3,(H,25,29)(H,26,28,30)/t17-/m0/s1. The van der Waals surface area contributed by atoms with Gasteiger partial charge in [0.05, 0.1) is 17.1 Å². The molecule has 5 aromatic rings. The molecule has 0 radical (unpaired) electrons. The molecule has 0 spiro atoms. The summed E-state index contributed by atoms with van der Waals surface area (Å²) in [5, 5.41) is 6.74. The SMILES string of the molecule is C[C@H](Nc1nccc(-n2cnc3cc(Nc4ccncc4)ccc32)n1)c1ccccc1. The van der Waals surface area contributed by atoms with E-state index in [4.69, 9.17) is 4.98 Å². The third-order valence-corrected chi connectivity index (χ3v) is 5.05. The Hall–Kier alpha value is -4.26. The van der Waals surface area contributed by atoms with Crippen LogP contribution in [-0.4, -0.2) is 24.5 Å². The number of benzene rings is 2. The Bertz CT molecular complexity index is 1300. The monoisotopic (exact) mass is 407 g/mol. The molecule has 5 rings (SSSR count). The van der Waals surface area contributed by atoms with Gasteiger partial charge in [0.2, 0.25) is 5.95 Å². The van der Waals surface area contributed by atoms with Crippen LogP contribution in [0.5, 0.6) is 0 Å². The van der Waals surface area contributed by atoms with Gasteiger partial charge >= 0.3 is 0 Å². The first kappa shape index (κ1) is 18.7. The Labute approximate surface area is 179 Å². The Morgan fingerprint density at radius 1 is 0.839 bits per heavy atom. The Balaban J connectivity index is 1.40. The van der Waals surface area contributed by atoms with E-state index in [9.17, 15) is 0 Å². The molecule has 0 bridgehead atoms. The van der Waals surface area contributed by atoms with E-state index in [-0.39, 0.29) is 6.04 Å². The van der Waals surface area contributed by atoms with Gasteiger partial charge < -0.3 is 10.6 Å². The summed E-state index contributed by atoms with van der Waals surface area (Å²) in [5.41, 5.74) is 4.98. The maximum absolute atomic E-state index is 4.70. The Kier molecular flexibility index (Phi) is 4.98. The minimum absolute atomic E-state index is 0.0952. The van der Waals surface area contributed by atoms with E-state index in [1.807, 2.05) is 59.2 Å². The molecule has 0 aliphatic heterocycles. The second-order valence-electron chi connectivity index (χ2n) is 7.19. The number of pyridine rings is 1. The molecule has 0 aliphatic rings. The van der Waals surface area contributed by atoms with Gasteiger partial charge in [0.25, 0.3) is 0 Å². The molecule has 0 aliphatic carbocycles. The molecule has 0 fully saturated rings. The lowest BCUT2D eigenvalue weighted by molar-refractivity contribution is 0.854. The summed E-state index contributed by atoms with van der Waals surface area (Å²) in [4.78, 5) is 17.7. The van der Waals surface area contributed by atoms with Crippen molar-refractivity contribution in [3.05, 3.63) is 97.2 Å². The number of anilines is 3. The average Bonchev–Trinajstić information content (AvgIpc) is 3.24. The summed E-state index contributed by atoms with van der Waals surface area (Å²) in [5.74, 6) is 1.33. The van der Waals surface area contributed by atoms with Crippen molar-refractivity contribution in [3.63, 3.8) is 0 Å². The lowest BCUT2D eigenvalue weighted by atomic mass is 10.1. The zero-order valence-electron chi connectivity index (χ0n) is 17.0. The number of rotatable bonds is 6. The molecule has 7 nitrogen and oxygen atoms in total. The van der Waals surface area contributed by atoms with Crippen molar-refractivity contribution in [3.8, 4) is 5.82 Å². The van der Waals surface area contributed by atoms with Gasteiger partial charge in [-0.3, -0.25) is 9.55 Å². The van der Waals surface area contributed by atoms with Crippen LogP contribution in [0, 0.1) is 0 Å². The van der Waals surface area contributed by atoms with Crippen molar-refractivity contribution < 1.29 is 0 Å². The van der Waals surface area contributed by atoms with Crippen molar-refractivity contribution in [1.29, 1.82) is 0 Å². The summed E-state index contributed by atoms with van der Waals surface area (Å²) in [6.07, 6.45) is 7.06. The van der Waals surface area contributed by atoms with E-state index in [1.54, 1.807) is 24.9 Å². The van der Waals surface area contributed by atoms with Gasteiger partial charge in [-0.05, 0) is 48.9 Å². The predicted octanol–water partition coefficient (Wildman–Crippen LogP) is 5.13. The van der Waals surface area contributed by atoms with Crippen LogP contribution in [0.4, 0.5) is 17.3 Å². The second kappa shape index (κ2) is 8.23. The van der Waals surface area contributed by atoms with E-state index >= 15 is 0 Å². The van der Waals surface area contributed by atoms with E-state index < -0.39 is 0 Å². The zero-order valence-corrected chi connectivity index (χ0v) is 17.0. The normalized spacial score (nSPS) is 11.9. The molecule has 2 aromatic carbocycles. The molecule has 31 heavy (non-hydrogen) atoms. The maximum Gasteiger partial charge on any atom is 0.225 e. The van der Waals surface area contributed by atoms with Crippen molar-refractivity contribution in [2.45, 2.75) is 13.0 Å². The highest BCUT2D eigenvalue weighted by Gasteiger charge is 2.10. The van der Waals surface area contributed by atoms with Crippen molar-refractivity contribution >= 4 is 28.4 Å². The van der Waals surface area contributed by atoms with Crippen LogP contribution in [-0.2, 0) is 0 Å². The van der Waals surface area contributed by atoms with Crippen LogP contribution >= 0.6 is 0 Å². The smallest absolute Gasteiger partial charge is 0.225 e. The van der Waals surface area contributed by atoms with Crippen LogP contribution < -0.4 is 10.6 Å². The molecule has 152 valence electrons. The van der Waals surface area contributed by atoms with E-state index in [2.05, 4.69) is 44.6 Å². The van der Waals surface area contributed by atoms with Crippen LogP contribution in [0.25, 0.3) is 16.9 Å². The molecule has 0 saturated carbocycles. The lowest BCUT2D eigenvalue weighted by Gasteiger charge is -2.14. The largest absolute Gasteiger partial charge is 0.355 e. The summed E-state index contributed by atoms with van der Waals surface area (Å²) < 4.78 is 1.96. The fourth-order valence-corrected chi connectivity index (χ4v) is 3.45. The first-order valence-electron chi connectivity index (χ1n) is 10.1. The average molecular weight is 407 g/mol. The molecule has 2 N–H and O–H groups in total. The highest BCUT2D eigenvalue weighted by molar-refractivity contribution is 5.82. The fourth-order valence-electron chi connectivity index (χ4n) is 3.45. The molecule has 0 amide bonds. The van der Waals surface area contributed by atoms with Crippen LogP contribution in [0.1, 0.15) is 18.5 Å². The van der Waals surface area contributed by atoms with E-state index in [1.165, 1.54) is 5.56 Å². The summed E-state index contributed by atoms with van der Waals surface area (Å²) in [6, 6.07) is 22.1. The summed E-state index contributed by atoms with van der Waals surface area (Å²) in [6.45, 7) is 2.09. The maximum atomic E-state index is 4.70. The van der Waals surface area contributed by atoms with Crippen LogP contribution in [0.15, 0.2) is 91.6 Å². The second-order valence-corrected chi connectivity index (χ2v) is 7.19. The van der Waals surface area contributed by atoms with Gasteiger partial charge in [-0.2, -0.15) is 4.98 Å². The van der Waals surface area contributed by atoms with Gasteiger partial charge in [0, 0.05) is 30.0 Å². The van der Waals surface area contributed by atoms with Crippen LogP contribution in [0.3, 0.4) is 0 Å². The number of aromatic nitrogens is 5. The predicted molar refractivity (Wildman–Crippen MR) is 123 cm³/mol. The molecule has 1 atom stereocenters. The first-order valence-corrected chi connectivity index (χ1v) is 10.1. The van der Waals surface area contributed by atoms with Crippen molar-refractivity contribution in [2.75, 3.05) is 10.6 Å². The Morgan fingerprint density at radius 2 is 1.68 bits per heavy atom. The minimum atomic E-state index is 0.0952. The van der Waals surface area contributed by atoms with Gasteiger partial charge in [-0.1, -0.05) is 30.3 Å². The van der Waals surface area contributed by atoms with Gasteiger partial charge in [0.1, 0.15) is 12.1 Å². The minimum Gasteiger partial charge on any atom is -0.355 e. The topological polar surface area (TPSA) is 80.5 Å². The number of nitrogens with zero attached hydrogens (tertiary/aromatic N) is 5. The van der Waals surface area contributed by atoms with Crippen LogP contribution in [0.2, 0.25) is 0 Å². The third kappa shape index (κ3) is 4.06. The molecule has 0 saturated heterocycles. The van der Waals surface area contributed by atoms with E-state index in [0.717, 1.165) is 28.2 Å². The molecular weight excluding hydrogens is 386 g/mol. The molecular formula is C24H21N7. The number of imidazole rings is 1. The zero-order chi connectivity index (χ0) is 21.0. The first-order chi connectivity index (χ1) is 15.3. The summed E-state index contributed by atoms with van der Waals surface area (Å²) >= 11 is 0. The highest BCUT2D eigenvalue weighted by Crippen LogP contribution is 2.24. The van der Waals surface area contributed by atoms with Gasteiger partial charge in [-0.15, -0.1) is 0 Å². The molecule has 0 unspecified atom stereocenters. The quantitative estimate of drug-likeness (QED) is 0.406.